The third kappa shape index (κ3) is 3.01. The highest BCUT2D eigenvalue weighted by molar-refractivity contribution is 6.00. The molecule has 2 N–H and O–H groups in total. The summed E-state index contributed by atoms with van der Waals surface area (Å²) in [4.78, 5) is 13.1. The van der Waals surface area contributed by atoms with E-state index in [0.717, 1.165) is 17.7 Å². The minimum Gasteiger partial charge on any atom is -0.493 e. The number of benzene rings is 1. The van der Waals surface area contributed by atoms with Crippen LogP contribution in [0, 0.1) is 5.41 Å². The molecule has 0 spiro atoms. The number of aromatic nitrogens is 2. The summed E-state index contributed by atoms with van der Waals surface area (Å²) in [7, 11) is 3.18. The van der Waals surface area contributed by atoms with Gasteiger partial charge in [0.2, 0.25) is 11.6 Å². The Kier molecular flexibility index (Phi) is 4.05. The molecule has 4 rings (SSSR count). The van der Waals surface area contributed by atoms with Gasteiger partial charge in [0.25, 0.3) is 0 Å². The zero-order chi connectivity index (χ0) is 19.2. The minimum absolute atomic E-state index is 0.100. The molecule has 2 aliphatic rings. The van der Waals surface area contributed by atoms with Gasteiger partial charge >= 0.3 is 0 Å². The van der Waals surface area contributed by atoms with Crippen LogP contribution in [0.15, 0.2) is 34.1 Å². The summed E-state index contributed by atoms with van der Waals surface area (Å²) in [5.74, 6) is 2.27. The molecular weight excluding hydrogens is 348 g/mol. The van der Waals surface area contributed by atoms with Crippen LogP contribution in [0.4, 0.5) is 11.6 Å². The maximum atomic E-state index is 13.1. The predicted molar refractivity (Wildman–Crippen MR) is 98.9 cm³/mol. The van der Waals surface area contributed by atoms with Gasteiger partial charge < -0.3 is 20.1 Å². The second kappa shape index (κ2) is 6.29. The molecule has 1 aliphatic heterocycles. The van der Waals surface area contributed by atoms with Crippen LogP contribution >= 0.6 is 0 Å². The van der Waals surface area contributed by atoms with E-state index in [-0.39, 0.29) is 11.2 Å². The van der Waals surface area contributed by atoms with E-state index in [2.05, 4.69) is 34.8 Å². The summed E-state index contributed by atoms with van der Waals surface area (Å²) in [6.07, 6.45) is 1.21. The zero-order valence-corrected chi connectivity index (χ0v) is 15.8. The molecular formula is C19H22N4O4. The summed E-state index contributed by atoms with van der Waals surface area (Å²) in [5.41, 5.74) is 2.28. The quantitative estimate of drug-likeness (QED) is 0.849. The van der Waals surface area contributed by atoms with Crippen molar-refractivity contribution in [3.63, 3.8) is 0 Å². The van der Waals surface area contributed by atoms with Gasteiger partial charge in [-0.15, -0.1) is 0 Å². The Hall–Kier alpha value is -3.03. The van der Waals surface area contributed by atoms with Crippen molar-refractivity contribution < 1.29 is 18.9 Å². The van der Waals surface area contributed by atoms with Gasteiger partial charge in [0.05, 0.1) is 20.3 Å². The van der Waals surface area contributed by atoms with Gasteiger partial charge in [-0.3, -0.25) is 4.79 Å². The SMILES string of the molecule is COc1ccc([C@H]2Nc3nonc3NC3=C2C(=O)CC(C)(C)C3)cc1OC. The van der Waals surface area contributed by atoms with E-state index in [1.54, 1.807) is 14.2 Å². The van der Waals surface area contributed by atoms with E-state index in [1.807, 2.05) is 18.2 Å². The number of methoxy groups -OCH3 is 2. The van der Waals surface area contributed by atoms with Crippen molar-refractivity contribution in [1.29, 1.82) is 0 Å². The van der Waals surface area contributed by atoms with Crippen molar-refractivity contribution in [1.82, 2.24) is 10.3 Å². The first kappa shape index (κ1) is 17.4. The molecule has 1 aromatic carbocycles. The summed E-state index contributed by atoms with van der Waals surface area (Å²) in [6, 6.07) is 5.21. The number of anilines is 2. The molecule has 142 valence electrons. The van der Waals surface area contributed by atoms with Crippen LogP contribution in [0.3, 0.4) is 0 Å². The Morgan fingerprint density at radius 3 is 2.59 bits per heavy atom. The Labute approximate surface area is 156 Å². The van der Waals surface area contributed by atoms with Crippen LogP contribution in [-0.2, 0) is 4.79 Å². The Bertz CT molecular complexity index is 932. The largest absolute Gasteiger partial charge is 0.493 e. The fraction of sp³-hybridized carbons (Fsp3) is 0.421. The number of Topliss-reactive ketones (excluding diaryl/α,β-unsaturated/α-hetero) is 1. The average molecular weight is 370 g/mol. The summed E-state index contributed by atoms with van der Waals surface area (Å²) >= 11 is 0. The Balaban J connectivity index is 1.86. The normalized spacial score (nSPS) is 20.7. The first-order valence-electron chi connectivity index (χ1n) is 8.76. The van der Waals surface area contributed by atoms with Gasteiger partial charge in [-0.1, -0.05) is 19.9 Å². The van der Waals surface area contributed by atoms with Gasteiger partial charge in [-0.2, -0.15) is 0 Å². The third-order valence-electron chi connectivity index (χ3n) is 4.99. The van der Waals surface area contributed by atoms with Crippen LogP contribution in [0.25, 0.3) is 0 Å². The highest BCUT2D eigenvalue weighted by Gasteiger charge is 2.39. The maximum absolute atomic E-state index is 13.1. The number of allylic oxidation sites excluding steroid dienone is 1. The number of hydrogen-bond acceptors (Lipinski definition) is 8. The molecule has 0 bridgehead atoms. The number of nitrogens with zero attached hydrogens (tertiary/aromatic N) is 2. The molecule has 0 radical (unpaired) electrons. The lowest BCUT2D eigenvalue weighted by Crippen LogP contribution is -2.31. The number of carbonyl (C=O) groups excluding carboxylic acids is 1. The molecule has 2 aromatic rings. The molecule has 8 nitrogen and oxygen atoms in total. The second-order valence-corrected chi connectivity index (χ2v) is 7.61. The topological polar surface area (TPSA) is 98.5 Å². The number of rotatable bonds is 3. The van der Waals surface area contributed by atoms with Crippen molar-refractivity contribution in [3.8, 4) is 11.5 Å². The van der Waals surface area contributed by atoms with Gasteiger partial charge in [0.1, 0.15) is 0 Å². The van der Waals surface area contributed by atoms with Crippen molar-refractivity contribution in [2.75, 3.05) is 24.9 Å². The van der Waals surface area contributed by atoms with Crippen LogP contribution < -0.4 is 20.1 Å². The first-order valence-corrected chi connectivity index (χ1v) is 8.76. The molecule has 8 heteroatoms. The van der Waals surface area contributed by atoms with E-state index in [1.165, 1.54) is 0 Å². The second-order valence-electron chi connectivity index (χ2n) is 7.61. The molecule has 0 saturated heterocycles. The molecule has 1 aromatic heterocycles. The van der Waals surface area contributed by atoms with Crippen LogP contribution in [-0.4, -0.2) is 30.3 Å². The summed E-state index contributed by atoms with van der Waals surface area (Å²) < 4.78 is 15.6. The van der Waals surface area contributed by atoms with Crippen LogP contribution in [0.2, 0.25) is 0 Å². The number of nitrogens with one attached hydrogen (secondary N) is 2. The first-order chi connectivity index (χ1) is 12.9. The monoisotopic (exact) mass is 370 g/mol. The molecule has 0 amide bonds. The highest BCUT2D eigenvalue weighted by Crippen LogP contribution is 2.45. The lowest BCUT2D eigenvalue weighted by atomic mass is 9.73. The molecule has 0 saturated carbocycles. The standard InChI is InChI=1S/C19H22N4O4/c1-19(2)8-11-15(12(24)9-19)16(21-18-17(20-11)22-27-23-18)10-5-6-13(25-3)14(7-10)26-4/h5-7,16H,8-9H2,1-4H3,(H,20,22)(H,21,23)/t16-/m1/s1. The lowest BCUT2D eigenvalue weighted by molar-refractivity contribution is -0.118. The fourth-order valence-corrected chi connectivity index (χ4v) is 3.78. The van der Waals surface area contributed by atoms with Gasteiger partial charge in [0.15, 0.2) is 17.3 Å². The smallest absolute Gasteiger partial charge is 0.219 e. The molecule has 27 heavy (non-hydrogen) atoms. The van der Waals surface area contributed by atoms with E-state index < -0.39 is 6.04 Å². The van der Waals surface area contributed by atoms with Gasteiger partial charge in [-0.25, -0.2) is 4.63 Å². The minimum atomic E-state index is -0.399. The lowest BCUT2D eigenvalue weighted by Gasteiger charge is -2.34. The summed E-state index contributed by atoms with van der Waals surface area (Å²) in [6.45, 7) is 4.17. The molecule has 0 unspecified atom stereocenters. The zero-order valence-electron chi connectivity index (χ0n) is 15.8. The Morgan fingerprint density at radius 1 is 1.11 bits per heavy atom. The van der Waals surface area contributed by atoms with Crippen molar-refractivity contribution in [2.24, 2.45) is 5.41 Å². The number of hydrogen-bond donors (Lipinski definition) is 2. The number of fused-ring (bicyclic) bond motifs is 1. The molecule has 2 heterocycles. The highest BCUT2D eigenvalue weighted by atomic mass is 16.6. The molecule has 1 aliphatic carbocycles. The van der Waals surface area contributed by atoms with E-state index in [0.29, 0.717) is 35.1 Å². The van der Waals surface area contributed by atoms with Gasteiger partial charge in [-0.05, 0) is 39.8 Å². The third-order valence-corrected chi connectivity index (χ3v) is 4.99. The van der Waals surface area contributed by atoms with E-state index in [9.17, 15) is 4.79 Å². The van der Waals surface area contributed by atoms with Crippen molar-refractivity contribution in [3.05, 3.63) is 35.0 Å². The Morgan fingerprint density at radius 2 is 1.85 bits per heavy atom. The van der Waals surface area contributed by atoms with Gasteiger partial charge in [0, 0.05) is 17.7 Å². The van der Waals surface area contributed by atoms with E-state index in [4.69, 9.17) is 14.1 Å². The number of ketones is 1. The average Bonchev–Trinajstić information content (AvgIpc) is 2.99. The van der Waals surface area contributed by atoms with Crippen LogP contribution in [0.1, 0.15) is 38.3 Å². The van der Waals surface area contributed by atoms with Crippen LogP contribution in [0.5, 0.6) is 11.5 Å². The number of ether oxygens (including phenoxy) is 2. The predicted octanol–water partition coefficient (Wildman–Crippen LogP) is 3.31. The summed E-state index contributed by atoms with van der Waals surface area (Å²) in [5, 5.41) is 14.4. The molecule has 0 fully saturated rings. The fourth-order valence-electron chi connectivity index (χ4n) is 3.78. The number of carbonyl (C=O) groups is 1. The van der Waals surface area contributed by atoms with E-state index >= 15 is 0 Å². The maximum Gasteiger partial charge on any atom is 0.219 e. The van der Waals surface area contributed by atoms with Crippen molar-refractivity contribution >= 4 is 17.4 Å². The molecule has 1 atom stereocenters. The van der Waals surface area contributed by atoms with Crippen molar-refractivity contribution in [2.45, 2.75) is 32.7 Å².